The van der Waals surface area contributed by atoms with Crippen molar-refractivity contribution in [2.45, 2.75) is 18.3 Å². The number of fused-ring (bicyclic) bond motifs is 3. The molecule has 0 N–H and O–H groups in total. The molecule has 0 unspecified atom stereocenters. The van der Waals surface area contributed by atoms with E-state index in [2.05, 4.69) is 15.2 Å². The Morgan fingerprint density at radius 2 is 1.97 bits per heavy atom. The Labute approximate surface area is 188 Å². The Kier molecular flexibility index (Phi) is 5.88. The third-order valence-electron chi connectivity index (χ3n) is 4.77. The number of halogens is 1. The summed E-state index contributed by atoms with van der Waals surface area (Å²) in [6.45, 7) is 1.47. The molecule has 4 rings (SSSR count). The van der Waals surface area contributed by atoms with E-state index in [0.717, 1.165) is 0 Å². The van der Waals surface area contributed by atoms with Gasteiger partial charge in [-0.15, -0.1) is 10.2 Å². The fourth-order valence-electron chi connectivity index (χ4n) is 3.44. The van der Waals surface area contributed by atoms with Gasteiger partial charge in [0.15, 0.2) is 17.2 Å². The van der Waals surface area contributed by atoms with E-state index in [1.54, 1.807) is 12.1 Å². The standard InChI is InChI=1S/C21H19ClN4O4S/c1-11(27)26-15-8-6-5-7-13(15)17-19(23-21(31-4)25-24-17)30-20(26)12-9-14(22)18(29-3)16(10-12)28-2/h5-10,20H,1-4H3/t20-/m0/s1. The van der Waals surface area contributed by atoms with Crippen molar-refractivity contribution in [3.8, 4) is 28.6 Å². The van der Waals surface area contributed by atoms with Crippen LogP contribution < -0.4 is 19.1 Å². The van der Waals surface area contributed by atoms with Crippen LogP contribution in [-0.2, 0) is 4.79 Å². The number of hydrogen-bond acceptors (Lipinski definition) is 8. The summed E-state index contributed by atoms with van der Waals surface area (Å²) in [5, 5.41) is 9.25. The molecule has 1 aliphatic rings. The molecule has 10 heteroatoms. The number of hydrogen-bond donors (Lipinski definition) is 0. The molecule has 0 aliphatic carbocycles. The normalized spacial score (nSPS) is 14.7. The van der Waals surface area contributed by atoms with Crippen LogP contribution >= 0.6 is 23.4 Å². The van der Waals surface area contributed by atoms with Crippen LogP contribution in [0.5, 0.6) is 17.4 Å². The molecule has 0 saturated heterocycles. The molecule has 0 radical (unpaired) electrons. The zero-order valence-electron chi connectivity index (χ0n) is 17.2. The van der Waals surface area contributed by atoms with Gasteiger partial charge in [-0.3, -0.25) is 9.69 Å². The van der Waals surface area contributed by atoms with Crippen LogP contribution in [-0.4, -0.2) is 41.6 Å². The lowest BCUT2D eigenvalue weighted by molar-refractivity contribution is -0.118. The molecule has 2 aromatic carbocycles. The fraction of sp³-hybridized carbons (Fsp3) is 0.238. The first-order valence-electron chi connectivity index (χ1n) is 9.24. The van der Waals surface area contributed by atoms with E-state index in [4.69, 9.17) is 25.8 Å². The number of nitrogens with zero attached hydrogens (tertiary/aromatic N) is 4. The lowest BCUT2D eigenvalue weighted by Gasteiger charge is -2.30. The summed E-state index contributed by atoms with van der Waals surface area (Å²) in [5.41, 5.74) is 2.35. The van der Waals surface area contributed by atoms with E-state index >= 15 is 0 Å². The average molecular weight is 459 g/mol. The van der Waals surface area contributed by atoms with Gasteiger partial charge in [0.05, 0.1) is 24.9 Å². The van der Waals surface area contributed by atoms with E-state index in [-0.39, 0.29) is 11.8 Å². The monoisotopic (exact) mass is 458 g/mol. The molecule has 3 aromatic rings. The van der Waals surface area contributed by atoms with Gasteiger partial charge in [-0.25, -0.2) is 0 Å². The molecule has 8 nitrogen and oxygen atoms in total. The number of para-hydroxylation sites is 1. The number of aromatic nitrogens is 3. The highest BCUT2D eigenvalue weighted by atomic mass is 35.5. The van der Waals surface area contributed by atoms with Crippen LogP contribution in [0.15, 0.2) is 41.6 Å². The molecule has 1 atom stereocenters. The highest BCUT2D eigenvalue weighted by Gasteiger charge is 2.35. The van der Waals surface area contributed by atoms with E-state index in [1.165, 1.54) is 37.8 Å². The van der Waals surface area contributed by atoms with Gasteiger partial charge in [0, 0.05) is 18.1 Å². The van der Waals surface area contributed by atoms with E-state index < -0.39 is 6.23 Å². The maximum Gasteiger partial charge on any atom is 0.247 e. The summed E-state index contributed by atoms with van der Waals surface area (Å²) in [5.74, 6) is 0.853. The van der Waals surface area contributed by atoms with E-state index in [1.807, 2.05) is 30.5 Å². The summed E-state index contributed by atoms with van der Waals surface area (Å²) in [7, 11) is 3.02. The van der Waals surface area contributed by atoms with Crippen molar-refractivity contribution in [1.82, 2.24) is 15.2 Å². The first kappa shape index (κ1) is 21.2. The molecule has 1 aliphatic heterocycles. The predicted molar refractivity (Wildman–Crippen MR) is 118 cm³/mol. The molecular formula is C21H19ClN4O4S. The second-order valence-electron chi connectivity index (χ2n) is 6.57. The molecule has 0 fully saturated rings. The van der Waals surface area contributed by atoms with Gasteiger partial charge in [-0.05, 0) is 24.5 Å². The van der Waals surface area contributed by atoms with Gasteiger partial charge in [0.1, 0.15) is 0 Å². The van der Waals surface area contributed by atoms with Crippen molar-refractivity contribution in [2.75, 3.05) is 25.4 Å². The van der Waals surface area contributed by atoms with Crippen LogP contribution in [0.3, 0.4) is 0 Å². The maximum absolute atomic E-state index is 12.8. The smallest absolute Gasteiger partial charge is 0.247 e. The Balaban J connectivity index is 1.98. The summed E-state index contributed by atoms with van der Waals surface area (Å²) >= 11 is 7.79. The quantitative estimate of drug-likeness (QED) is 0.532. The van der Waals surface area contributed by atoms with Crippen molar-refractivity contribution < 1.29 is 19.0 Å². The minimum absolute atomic E-state index is 0.228. The highest BCUT2D eigenvalue weighted by Crippen LogP contribution is 2.45. The second-order valence-corrected chi connectivity index (χ2v) is 7.75. The van der Waals surface area contributed by atoms with Crippen molar-refractivity contribution in [3.63, 3.8) is 0 Å². The van der Waals surface area contributed by atoms with Gasteiger partial charge in [0.2, 0.25) is 23.2 Å². The molecule has 1 amide bonds. The SMILES string of the molecule is COc1cc([C@@H]2Oc3nc(SC)nnc3-c3ccccc3N2C(C)=O)cc(Cl)c1OC. The fourth-order valence-corrected chi connectivity index (χ4v) is 4.03. The zero-order valence-corrected chi connectivity index (χ0v) is 18.8. The first-order valence-corrected chi connectivity index (χ1v) is 10.8. The number of amides is 1. The van der Waals surface area contributed by atoms with Crippen LogP contribution in [0.2, 0.25) is 5.02 Å². The molecule has 2 heterocycles. The van der Waals surface area contributed by atoms with Crippen molar-refractivity contribution in [1.29, 1.82) is 0 Å². The number of carbonyl (C=O) groups is 1. The number of anilines is 1. The Hall–Kier alpha value is -3.04. The number of carbonyl (C=O) groups excluding carboxylic acids is 1. The lowest BCUT2D eigenvalue weighted by atomic mass is 10.1. The van der Waals surface area contributed by atoms with Gasteiger partial charge < -0.3 is 14.2 Å². The van der Waals surface area contributed by atoms with E-state index in [0.29, 0.717) is 44.2 Å². The Bertz CT molecular complexity index is 1160. The van der Waals surface area contributed by atoms with Gasteiger partial charge in [0.25, 0.3) is 0 Å². The van der Waals surface area contributed by atoms with Gasteiger partial charge in [-0.2, -0.15) is 4.98 Å². The average Bonchev–Trinajstić information content (AvgIpc) is 2.92. The van der Waals surface area contributed by atoms with Gasteiger partial charge in [-0.1, -0.05) is 41.6 Å². The third kappa shape index (κ3) is 3.75. The van der Waals surface area contributed by atoms with Crippen LogP contribution in [0.1, 0.15) is 18.7 Å². The first-order chi connectivity index (χ1) is 15.0. The topological polar surface area (TPSA) is 86.7 Å². The second kappa shape index (κ2) is 8.60. The Morgan fingerprint density at radius 3 is 2.65 bits per heavy atom. The number of thioether (sulfide) groups is 1. The van der Waals surface area contributed by atoms with Crippen molar-refractivity contribution in [2.24, 2.45) is 0 Å². The van der Waals surface area contributed by atoms with Crippen LogP contribution in [0.4, 0.5) is 5.69 Å². The van der Waals surface area contributed by atoms with Crippen LogP contribution in [0.25, 0.3) is 11.3 Å². The minimum atomic E-state index is -0.872. The number of benzene rings is 2. The minimum Gasteiger partial charge on any atom is -0.493 e. The molecular weight excluding hydrogens is 440 g/mol. The molecule has 160 valence electrons. The summed E-state index contributed by atoms with van der Waals surface area (Å²) in [4.78, 5) is 18.9. The predicted octanol–water partition coefficient (Wildman–Crippen LogP) is 4.38. The highest BCUT2D eigenvalue weighted by molar-refractivity contribution is 7.98. The lowest BCUT2D eigenvalue weighted by Crippen LogP contribution is -2.36. The van der Waals surface area contributed by atoms with Crippen molar-refractivity contribution >= 4 is 35.0 Å². The Morgan fingerprint density at radius 1 is 1.19 bits per heavy atom. The van der Waals surface area contributed by atoms with Crippen molar-refractivity contribution in [3.05, 3.63) is 47.0 Å². The van der Waals surface area contributed by atoms with E-state index in [9.17, 15) is 4.79 Å². The van der Waals surface area contributed by atoms with Gasteiger partial charge >= 0.3 is 0 Å². The number of methoxy groups -OCH3 is 2. The summed E-state index contributed by atoms with van der Waals surface area (Å²) in [6, 6.07) is 10.8. The number of rotatable bonds is 4. The molecule has 1 aromatic heterocycles. The third-order valence-corrected chi connectivity index (χ3v) is 5.59. The summed E-state index contributed by atoms with van der Waals surface area (Å²) in [6.07, 6.45) is 0.977. The molecule has 0 spiro atoms. The molecule has 0 bridgehead atoms. The van der Waals surface area contributed by atoms with Crippen LogP contribution in [0, 0.1) is 0 Å². The largest absolute Gasteiger partial charge is 0.493 e. The maximum atomic E-state index is 12.8. The number of ether oxygens (including phenoxy) is 3. The zero-order chi connectivity index (χ0) is 22.1. The summed E-state index contributed by atoms with van der Waals surface area (Å²) < 4.78 is 17.1. The molecule has 0 saturated carbocycles. The molecule has 31 heavy (non-hydrogen) atoms.